The molecule has 2 fully saturated rings. The van der Waals surface area contributed by atoms with Gasteiger partial charge in [-0.2, -0.15) is 5.10 Å². The van der Waals surface area contributed by atoms with Crippen LogP contribution in [0.5, 0.6) is 5.75 Å². The highest BCUT2D eigenvalue weighted by Gasteiger charge is 2.41. The van der Waals surface area contributed by atoms with E-state index in [1.54, 1.807) is 18.0 Å². The summed E-state index contributed by atoms with van der Waals surface area (Å²) in [6, 6.07) is 5.68. The second-order valence-electron chi connectivity index (χ2n) is 8.44. The van der Waals surface area contributed by atoms with E-state index in [4.69, 9.17) is 4.74 Å². The number of hydrogen-bond acceptors (Lipinski definition) is 9. The van der Waals surface area contributed by atoms with Crippen molar-refractivity contribution in [2.24, 2.45) is 13.0 Å². The lowest BCUT2D eigenvalue weighted by molar-refractivity contribution is 0.319. The second-order valence-corrected chi connectivity index (χ2v) is 9.51. The molecule has 1 aromatic carbocycles. The number of anilines is 1. The maximum absolute atomic E-state index is 13.8. The number of ether oxygens (including phenoxy) is 1. The maximum Gasteiger partial charge on any atom is 0.191 e. The average Bonchev–Trinajstić information content (AvgIpc) is 3.52. The summed E-state index contributed by atoms with van der Waals surface area (Å²) in [6.07, 6.45) is 5.25. The van der Waals surface area contributed by atoms with Crippen LogP contribution in [-0.2, 0) is 7.05 Å². The monoisotopic (exact) mass is 578 g/mol. The Morgan fingerprint density at radius 2 is 1.97 bits per heavy atom. The molecule has 198 valence electrons. The molecule has 0 amide bonds. The van der Waals surface area contributed by atoms with Crippen molar-refractivity contribution in [1.82, 2.24) is 34.8 Å². The number of likely N-dealkylation sites (tertiary alicyclic amines) is 1. The summed E-state index contributed by atoms with van der Waals surface area (Å²) in [5, 5.41) is 17.0. The van der Waals surface area contributed by atoms with Gasteiger partial charge in [-0.25, -0.2) is 9.37 Å². The van der Waals surface area contributed by atoms with E-state index < -0.39 is 0 Å². The van der Waals surface area contributed by atoms with Crippen LogP contribution in [0.2, 0.25) is 0 Å². The van der Waals surface area contributed by atoms with Crippen molar-refractivity contribution in [3.8, 4) is 17.3 Å². The quantitative estimate of drug-likeness (QED) is 0.292. The van der Waals surface area contributed by atoms with Gasteiger partial charge in [-0.05, 0) is 37.4 Å². The Morgan fingerprint density at radius 1 is 1.14 bits per heavy atom. The van der Waals surface area contributed by atoms with Gasteiger partial charge in [0.25, 0.3) is 0 Å². The predicted molar refractivity (Wildman–Crippen MR) is 146 cm³/mol. The van der Waals surface area contributed by atoms with Gasteiger partial charge >= 0.3 is 0 Å². The summed E-state index contributed by atoms with van der Waals surface area (Å²) in [6.45, 7) is 4.24. The number of fused-ring (bicyclic) bond motifs is 1. The summed E-state index contributed by atoms with van der Waals surface area (Å²) in [5.74, 6) is 2.32. The number of benzene rings is 1. The number of hydrogen-bond donors (Lipinski definition) is 0. The highest BCUT2D eigenvalue weighted by atomic mass is 35.5. The molecule has 4 heterocycles. The fraction of sp³-hybridized carbons (Fsp3) is 0.500. The summed E-state index contributed by atoms with van der Waals surface area (Å²) < 4.78 is 21.0. The molecule has 0 spiro atoms. The number of aromatic nitrogens is 6. The third kappa shape index (κ3) is 6.31. The van der Waals surface area contributed by atoms with E-state index in [1.165, 1.54) is 25.9 Å². The molecule has 0 radical (unpaired) electrons. The number of methoxy groups -OCH3 is 1. The van der Waals surface area contributed by atoms with Gasteiger partial charge in [-0.15, -0.1) is 52.5 Å². The van der Waals surface area contributed by atoms with E-state index in [0.29, 0.717) is 29.2 Å². The van der Waals surface area contributed by atoms with Crippen LogP contribution in [0.3, 0.4) is 0 Å². The number of rotatable bonds is 8. The van der Waals surface area contributed by atoms with E-state index in [0.717, 1.165) is 49.2 Å². The smallest absolute Gasteiger partial charge is 0.191 e. The number of nitrogens with zero attached hydrogens (tertiary/aromatic N) is 8. The average molecular weight is 580 g/mol. The minimum atomic E-state index is -0.314. The van der Waals surface area contributed by atoms with Gasteiger partial charge in [-0.1, -0.05) is 11.8 Å². The van der Waals surface area contributed by atoms with Gasteiger partial charge in [0.2, 0.25) is 0 Å². The lowest BCUT2D eigenvalue weighted by Crippen LogP contribution is -2.35. The molecule has 0 aliphatic carbocycles. The van der Waals surface area contributed by atoms with Crippen molar-refractivity contribution in [2.75, 3.05) is 43.9 Å². The van der Waals surface area contributed by atoms with E-state index in [9.17, 15) is 4.39 Å². The van der Waals surface area contributed by atoms with Crippen LogP contribution in [0.15, 0.2) is 35.9 Å². The molecule has 0 saturated carbocycles. The van der Waals surface area contributed by atoms with Crippen LogP contribution < -0.4 is 9.64 Å². The van der Waals surface area contributed by atoms with Gasteiger partial charge in [-0.3, -0.25) is 0 Å². The number of thioether (sulfide) groups is 1. The molecule has 3 aromatic rings. The zero-order chi connectivity index (χ0) is 22.8. The Hall–Kier alpha value is -1.92. The maximum atomic E-state index is 13.8. The largest absolute Gasteiger partial charge is 0.494 e. The molecule has 36 heavy (non-hydrogen) atoms. The minimum absolute atomic E-state index is 0. The lowest BCUT2D eigenvalue weighted by atomic mass is 10.0. The summed E-state index contributed by atoms with van der Waals surface area (Å²) in [5.41, 5.74) is 1.72. The van der Waals surface area contributed by atoms with Gasteiger partial charge in [0, 0.05) is 50.2 Å². The van der Waals surface area contributed by atoms with E-state index in [-0.39, 0.29) is 43.0 Å². The molecule has 9 nitrogen and oxygen atoms in total. The zero-order valence-corrected chi connectivity index (χ0v) is 23.3. The Balaban J connectivity index is 0.00000152. The molecule has 2 aliphatic rings. The van der Waals surface area contributed by atoms with Crippen LogP contribution in [0.4, 0.5) is 10.1 Å². The van der Waals surface area contributed by atoms with E-state index >= 15 is 0 Å². The van der Waals surface area contributed by atoms with Crippen molar-refractivity contribution in [2.45, 2.75) is 24.0 Å². The van der Waals surface area contributed by atoms with Gasteiger partial charge in [0.1, 0.15) is 12.0 Å². The van der Waals surface area contributed by atoms with E-state index in [2.05, 4.69) is 35.2 Å². The molecule has 2 saturated heterocycles. The number of halogens is 4. The van der Waals surface area contributed by atoms with Crippen LogP contribution >= 0.6 is 49.0 Å². The van der Waals surface area contributed by atoms with Crippen LogP contribution in [0.1, 0.15) is 12.8 Å². The molecule has 0 N–H and O–H groups in total. The molecule has 5 rings (SSSR count). The second kappa shape index (κ2) is 13.6. The van der Waals surface area contributed by atoms with Gasteiger partial charge in [0.15, 0.2) is 22.5 Å². The van der Waals surface area contributed by atoms with Crippen molar-refractivity contribution in [3.05, 3.63) is 36.5 Å². The first kappa shape index (κ1) is 30.3. The summed E-state index contributed by atoms with van der Waals surface area (Å²) in [7, 11) is 3.46. The first-order valence-corrected chi connectivity index (χ1v) is 12.1. The van der Waals surface area contributed by atoms with Gasteiger partial charge in [0.05, 0.1) is 13.3 Å². The highest BCUT2D eigenvalue weighted by Crippen LogP contribution is 2.37. The fourth-order valence-electron chi connectivity index (χ4n) is 4.85. The Morgan fingerprint density at radius 3 is 2.72 bits per heavy atom. The summed E-state index contributed by atoms with van der Waals surface area (Å²) in [4.78, 5) is 9.17. The summed E-state index contributed by atoms with van der Waals surface area (Å²) >= 11 is 1.71. The Bertz CT molecular complexity index is 1110. The SMILES string of the molecule is COc1cc(N2CC[C@@H]3CN(CCCSc4nnc(-c5cnncn5)n4C)C[C@@H]32)ccc1F.Cl.Cl.Cl. The molecule has 2 aliphatic heterocycles. The lowest BCUT2D eigenvalue weighted by Gasteiger charge is -2.27. The van der Waals surface area contributed by atoms with Crippen LogP contribution in [0, 0.1) is 11.7 Å². The van der Waals surface area contributed by atoms with Gasteiger partial charge < -0.3 is 19.1 Å². The van der Waals surface area contributed by atoms with Crippen LogP contribution in [0.25, 0.3) is 11.5 Å². The van der Waals surface area contributed by atoms with Crippen LogP contribution in [-0.4, -0.2) is 79.9 Å². The first-order valence-electron chi connectivity index (χ1n) is 11.1. The topological polar surface area (TPSA) is 85.1 Å². The molecular formula is C22H30Cl3FN8OS. The molecule has 0 bridgehead atoms. The Labute approximate surface area is 232 Å². The third-order valence-corrected chi connectivity index (χ3v) is 7.61. The minimum Gasteiger partial charge on any atom is -0.494 e. The fourth-order valence-corrected chi connectivity index (χ4v) is 5.68. The van der Waals surface area contributed by atoms with Crippen molar-refractivity contribution >= 4 is 54.7 Å². The molecular weight excluding hydrogens is 550 g/mol. The third-order valence-electron chi connectivity index (χ3n) is 6.50. The van der Waals surface area contributed by atoms with Crippen molar-refractivity contribution in [1.29, 1.82) is 0 Å². The molecule has 0 unspecified atom stereocenters. The molecule has 2 aromatic heterocycles. The molecule has 14 heteroatoms. The predicted octanol–water partition coefficient (Wildman–Crippen LogP) is 3.77. The standard InChI is InChI=1S/C22H27FN8OS.3ClH/c1-29-21(18-11-25-26-14-24-18)27-28-22(29)33-9-3-7-30-12-15-6-8-31(19(15)13-30)16-4-5-17(23)20(10-16)32-2;;;/h4-5,10-11,14-15,19H,3,6-9,12-13H2,1-2H3;3*1H/t15-,19+;;;/m1.../s1. The van der Waals surface area contributed by atoms with Crippen molar-refractivity contribution in [3.63, 3.8) is 0 Å². The Kier molecular flexibility index (Phi) is 11.4. The first-order chi connectivity index (χ1) is 16.1. The highest BCUT2D eigenvalue weighted by molar-refractivity contribution is 7.99. The zero-order valence-electron chi connectivity index (χ0n) is 20.0. The normalized spacial score (nSPS) is 18.7. The van der Waals surface area contributed by atoms with Crippen molar-refractivity contribution < 1.29 is 9.13 Å². The van der Waals surface area contributed by atoms with E-state index in [1.807, 2.05) is 23.7 Å². The molecule has 2 atom stereocenters.